The monoisotopic (exact) mass is 312 g/mol. The maximum absolute atomic E-state index is 12.5. The Bertz CT molecular complexity index is 696. The first-order valence-corrected chi connectivity index (χ1v) is 8.31. The molecule has 6 heteroatoms. The fourth-order valence-electron chi connectivity index (χ4n) is 2.19. The van der Waals surface area contributed by atoms with Crippen molar-refractivity contribution >= 4 is 32.4 Å². The van der Waals surface area contributed by atoms with Crippen molar-refractivity contribution in [2.75, 3.05) is 0 Å². The van der Waals surface area contributed by atoms with Crippen LogP contribution in [0, 0.1) is 0 Å². The minimum Gasteiger partial charge on any atom is -0.264 e. The van der Waals surface area contributed by atoms with Crippen LogP contribution in [0.2, 0.25) is 0 Å². The number of benzene rings is 1. The van der Waals surface area contributed by atoms with Crippen LogP contribution >= 0.6 is 11.6 Å². The van der Waals surface area contributed by atoms with Crippen LogP contribution in [0.5, 0.6) is 0 Å². The largest absolute Gasteiger partial charge is 0.264 e. The highest BCUT2D eigenvalue weighted by Gasteiger charge is 2.20. The lowest BCUT2D eigenvalue weighted by molar-refractivity contribution is 0.546. The van der Waals surface area contributed by atoms with Gasteiger partial charge in [-0.1, -0.05) is 12.1 Å². The molecule has 1 heterocycles. The van der Waals surface area contributed by atoms with Gasteiger partial charge in [0.2, 0.25) is 10.0 Å². The summed E-state index contributed by atoms with van der Waals surface area (Å²) in [6.07, 6.45) is 3.82. The zero-order chi connectivity index (χ0) is 14.8. The van der Waals surface area contributed by atoms with E-state index in [1.54, 1.807) is 30.6 Å². The lowest BCUT2D eigenvalue weighted by Crippen LogP contribution is -2.34. The van der Waals surface area contributed by atoms with Crippen molar-refractivity contribution in [3.05, 3.63) is 36.7 Å². The van der Waals surface area contributed by atoms with E-state index in [1.807, 2.05) is 19.9 Å². The van der Waals surface area contributed by atoms with E-state index in [-0.39, 0.29) is 16.3 Å². The van der Waals surface area contributed by atoms with Crippen molar-refractivity contribution in [1.29, 1.82) is 0 Å². The molecule has 1 aromatic heterocycles. The second kappa shape index (κ2) is 6.08. The minimum absolute atomic E-state index is 0.0792. The highest BCUT2D eigenvalue weighted by atomic mass is 35.5. The Morgan fingerprint density at radius 1 is 1.30 bits per heavy atom. The topological polar surface area (TPSA) is 59.1 Å². The van der Waals surface area contributed by atoms with E-state index in [1.165, 1.54) is 0 Å². The molecule has 1 N–H and O–H groups in total. The molecule has 0 radical (unpaired) electrons. The Morgan fingerprint density at radius 3 is 2.75 bits per heavy atom. The zero-order valence-electron chi connectivity index (χ0n) is 11.4. The van der Waals surface area contributed by atoms with Gasteiger partial charge in [0.1, 0.15) is 0 Å². The van der Waals surface area contributed by atoms with Gasteiger partial charge in [-0.2, -0.15) is 0 Å². The average Bonchev–Trinajstić information content (AvgIpc) is 2.36. The third-order valence-electron chi connectivity index (χ3n) is 2.96. The molecule has 2 atom stereocenters. The summed E-state index contributed by atoms with van der Waals surface area (Å²) in [5.41, 5.74) is 0. The van der Waals surface area contributed by atoms with E-state index in [0.717, 1.165) is 5.39 Å². The van der Waals surface area contributed by atoms with Crippen LogP contribution in [0.3, 0.4) is 0 Å². The molecule has 2 rings (SSSR count). The standard InChI is InChI=1S/C14H17ClN2O2S/c1-10(15)8-11(2)17-20(18,19)14-5-3-4-12-9-16-7-6-13(12)14/h3-7,9-11,17H,8H2,1-2H3. The number of sulfonamides is 1. The van der Waals surface area contributed by atoms with E-state index >= 15 is 0 Å². The Kier molecular flexibility index (Phi) is 4.62. The maximum atomic E-state index is 12.5. The molecule has 0 fully saturated rings. The molecule has 0 saturated carbocycles. The van der Waals surface area contributed by atoms with E-state index in [4.69, 9.17) is 11.6 Å². The average molecular weight is 313 g/mol. The number of halogens is 1. The number of alkyl halides is 1. The van der Waals surface area contributed by atoms with E-state index in [2.05, 4.69) is 9.71 Å². The van der Waals surface area contributed by atoms with Gasteiger partial charge in [0.15, 0.2) is 0 Å². The number of rotatable bonds is 5. The van der Waals surface area contributed by atoms with Gasteiger partial charge < -0.3 is 0 Å². The molecule has 0 amide bonds. The summed E-state index contributed by atoms with van der Waals surface area (Å²) >= 11 is 5.90. The number of hydrogen-bond acceptors (Lipinski definition) is 3. The first-order chi connectivity index (χ1) is 9.40. The normalized spacial score (nSPS) is 15.2. The molecule has 1 aromatic carbocycles. The highest BCUT2D eigenvalue weighted by Crippen LogP contribution is 2.22. The summed E-state index contributed by atoms with van der Waals surface area (Å²) in [6, 6.07) is 6.64. The fraction of sp³-hybridized carbons (Fsp3) is 0.357. The van der Waals surface area contributed by atoms with Crippen LogP contribution in [0.15, 0.2) is 41.6 Å². The molecule has 0 bridgehead atoms. The molecule has 20 heavy (non-hydrogen) atoms. The maximum Gasteiger partial charge on any atom is 0.241 e. The molecule has 0 spiro atoms. The third-order valence-corrected chi connectivity index (χ3v) is 4.79. The smallest absolute Gasteiger partial charge is 0.241 e. The van der Waals surface area contributed by atoms with Gasteiger partial charge in [0, 0.05) is 34.6 Å². The third kappa shape index (κ3) is 3.48. The summed E-state index contributed by atoms with van der Waals surface area (Å²) < 4.78 is 27.6. The fourth-order valence-corrected chi connectivity index (χ4v) is 3.94. The van der Waals surface area contributed by atoms with Gasteiger partial charge >= 0.3 is 0 Å². The molecular weight excluding hydrogens is 296 g/mol. The quantitative estimate of drug-likeness (QED) is 0.864. The van der Waals surface area contributed by atoms with Crippen molar-refractivity contribution < 1.29 is 8.42 Å². The molecule has 0 saturated heterocycles. The summed E-state index contributed by atoms with van der Waals surface area (Å²) in [5.74, 6) is 0. The molecule has 0 aliphatic heterocycles. The molecule has 4 nitrogen and oxygen atoms in total. The number of aromatic nitrogens is 1. The van der Waals surface area contributed by atoms with E-state index in [0.29, 0.717) is 11.8 Å². The summed E-state index contributed by atoms with van der Waals surface area (Å²) in [6.45, 7) is 3.65. The van der Waals surface area contributed by atoms with Gasteiger partial charge in [-0.25, -0.2) is 13.1 Å². The molecule has 2 unspecified atom stereocenters. The number of nitrogens with zero attached hydrogens (tertiary/aromatic N) is 1. The molecule has 0 aliphatic rings. The number of nitrogens with one attached hydrogen (secondary N) is 1. The van der Waals surface area contributed by atoms with Crippen molar-refractivity contribution in [2.45, 2.75) is 36.6 Å². The highest BCUT2D eigenvalue weighted by molar-refractivity contribution is 7.89. The first kappa shape index (κ1) is 15.2. The van der Waals surface area contributed by atoms with Gasteiger partial charge in [0.25, 0.3) is 0 Å². The first-order valence-electron chi connectivity index (χ1n) is 6.39. The lowest BCUT2D eigenvalue weighted by Gasteiger charge is -2.16. The Morgan fingerprint density at radius 2 is 2.05 bits per heavy atom. The molecule has 2 aromatic rings. The molecule has 108 valence electrons. The van der Waals surface area contributed by atoms with E-state index in [9.17, 15) is 8.42 Å². The van der Waals surface area contributed by atoms with Crippen molar-refractivity contribution in [3.63, 3.8) is 0 Å². The van der Waals surface area contributed by atoms with Crippen LogP contribution in [0.1, 0.15) is 20.3 Å². The van der Waals surface area contributed by atoms with Gasteiger partial charge in [-0.15, -0.1) is 11.6 Å². The molecule has 0 aliphatic carbocycles. The van der Waals surface area contributed by atoms with Crippen LogP contribution in [0.25, 0.3) is 10.8 Å². The van der Waals surface area contributed by atoms with Crippen molar-refractivity contribution in [3.8, 4) is 0 Å². The summed E-state index contributed by atoms with van der Waals surface area (Å²) in [4.78, 5) is 4.27. The summed E-state index contributed by atoms with van der Waals surface area (Å²) in [7, 11) is -3.57. The Labute approximate surface area is 124 Å². The number of hydrogen-bond donors (Lipinski definition) is 1. The second-order valence-electron chi connectivity index (χ2n) is 4.89. The Hall–Kier alpha value is -1.17. The van der Waals surface area contributed by atoms with E-state index < -0.39 is 10.0 Å². The lowest BCUT2D eigenvalue weighted by atomic mass is 10.2. The number of fused-ring (bicyclic) bond motifs is 1. The van der Waals surface area contributed by atoms with Gasteiger partial charge in [0.05, 0.1) is 4.90 Å². The van der Waals surface area contributed by atoms with Gasteiger partial charge in [-0.3, -0.25) is 4.98 Å². The van der Waals surface area contributed by atoms with Crippen LogP contribution < -0.4 is 4.72 Å². The second-order valence-corrected chi connectivity index (χ2v) is 7.32. The Balaban J connectivity index is 2.37. The number of pyridine rings is 1. The predicted octanol–water partition coefficient (Wildman–Crippen LogP) is 2.92. The van der Waals surface area contributed by atoms with Crippen LogP contribution in [0.4, 0.5) is 0 Å². The zero-order valence-corrected chi connectivity index (χ0v) is 12.9. The predicted molar refractivity (Wildman–Crippen MR) is 81.5 cm³/mol. The van der Waals surface area contributed by atoms with Crippen molar-refractivity contribution in [1.82, 2.24) is 9.71 Å². The summed E-state index contributed by atoms with van der Waals surface area (Å²) in [5, 5.41) is 1.39. The van der Waals surface area contributed by atoms with Crippen LogP contribution in [-0.4, -0.2) is 24.8 Å². The van der Waals surface area contributed by atoms with Crippen molar-refractivity contribution in [2.24, 2.45) is 0 Å². The minimum atomic E-state index is -3.57. The van der Waals surface area contributed by atoms with Crippen LogP contribution in [-0.2, 0) is 10.0 Å². The molecular formula is C14H17ClN2O2S. The SMILES string of the molecule is CC(Cl)CC(C)NS(=O)(=O)c1cccc2cnccc12. The van der Waals surface area contributed by atoms with Gasteiger partial charge in [-0.05, 0) is 32.4 Å².